The van der Waals surface area contributed by atoms with E-state index >= 15 is 0 Å². The highest BCUT2D eigenvalue weighted by molar-refractivity contribution is 7.17. The van der Waals surface area contributed by atoms with Crippen LogP contribution in [-0.4, -0.2) is 34.0 Å². The Morgan fingerprint density at radius 1 is 1.43 bits per heavy atom. The number of aromatic nitrogens is 1. The molecule has 2 rings (SSSR count). The van der Waals surface area contributed by atoms with Gasteiger partial charge in [-0.25, -0.2) is 0 Å². The van der Waals surface area contributed by atoms with Gasteiger partial charge in [-0.2, -0.15) is 0 Å². The van der Waals surface area contributed by atoms with Gasteiger partial charge in [0.2, 0.25) is 5.91 Å². The number of carbonyl (C=O) groups is 2. The van der Waals surface area contributed by atoms with Crippen LogP contribution in [0.1, 0.15) is 20.8 Å². The molecule has 2 heterocycles. The van der Waals surface area contributed by atoms with Crippen LogP contribution in [0.4, 0.5) is 10.5 Å². The maximum Gasteiger partial charge on any atom is 0.243 e. The van der Waals surface area contributed by atoms with Crippen molar-refractivity contribution in [2.24, 2.45) is 0 Å². The topological polar surface area (TPSA) is 85.4 Å². The highest BCUT2D eigenvalue weighted by Crippen LogP contribution is 2.29. The summed E-state index contributed by atoms with van der Waals surface area (Å²) >= 11 is 1.47. The van der Waals surface area contributed by atoms with Gasteiger partial charge < -0.3 is 20.1 Å². The Kier molecular flexibility index (Phi) is 4.13. The van der Waals surface area contributed by atoms with Crippen LogP contribution in [0.5, 0.6) is 0 Å². The van der Waals surface area contributed by atoms with Gasteiger partial charge >= 0.3 is 0 Å². The summed E-state index contributed by atoms with van der Waals surface area (Å²) in [4.78, 5) is 28.2. The standard InChI is InChI=1S/C14H17N3O3S/c1-14(2,3)17(13(19)20)7-12(18)16-10-8-21-11-6-15-5-4-9(10)11/h4-6,8H,7H2,1-3H3,(H,16,18)(H,19,20)/p-1. The first kappa shape index (κ1) is 15.2. The zero-order valence-electron chi connectivity index (χ0n) is 12.0. The van der Waals surface area contributed by atoms with Crippen LogP contribution < -0.4 is 10.4 Å². The van der Waals surface area contributed by atoms with Crippen LogP contribution >= 0.6 is 11.3 Å². The van der Waals surface area contributed by atoms with E-state index in [9.17, 15) is 14.7 Å². The maximum atomic E-state index is 12.1. The Balaban J connectivity index is 2.13. The van der Waals surface area contributed by atoms with Crippen LogP contribution in [0, 0.1) is 0 Å². The number of amides is 2. The van der Waals surface area contributed by atoms with E-state index in [1.54, 1.807) is 33.2 Å². The van der Waals surface area contributed by atoms with E-state index < -0.39 is 17.5 Å². The molecule has 0 aromatic carbocycles. The van der Waals surface area contributed by atoms with E-state index in [1.165, 1.54) is 11.3 Å². The Labute approximate surface area is 126 Å². The predicted octanol–water partition coefficient (Wildman–Crippen LogP) is 1.68. The average molecular weight is 306 g/mol. The minimum atomic E-state index is -1.36. The van der Waals surface area contributed by atoms with E-state index in [4.69, 9.17) is 0 Å². The van der Waals surface area contributed by atoms with Crippen molar-refractivity contribution in [3.63, 3.8) is 0 Å². The third-order valence-corrected chi connectivity index (χ3v) is 3.92. The van der Waals surface area contributed by atoms with Crippen molar-refractivity contribution >= 4 is 39.1 Å². The summed E-state index contributed by atoms with van der Waals surface area (Å²) in [6.07, 6.45) is 2.00. The number of hydrogen-bond donors (Lipinski definition) is 1. The quantitative estimate of drug-likeness (QED) is 0.935. The molecule has 2 amide bonds. The van der Waals surface area contributed by atoms with E-state index in [0.717, 1.165) is 15.0 Å². The molecule has 0 aliphatic rings. The fourth-order valence-electron chi connectivity index (χ4n) is 1.89. The van der Waals surface area contributed by atoms with E-state index in [0.29, 0.717) is 5.69 Å². The normalized spacial score (nSPS) is 11.4. The molecule has 0 radical (unpaired) electrons. The lowest BCUT2D eigenvalue weighted by Crippen LogP contribution is -2.54. The van der Waals surface area contributed by atoms with Crippen molar-refractivity contribution in [3.05, 3.63) is 23.8 Å². The first-order valence-corrected chi connectivity index (χ1v) is 7.26. The summed E-state index contributed by atoms with van der Waals surface area (Å²) in [7, 11) is 0. The Hall–Kier alpha value is -2.15. The second kappa shape index (κ2) is 5.69. The first-order chi connectivity index (χ1) is 9.79. The van der Waals surface area contributed by atoms with Gasteiger partial charge in [-0.05, 0) is 26.8 Å². The Bertz CT molecular complexity index is 675. The number of nitrogens with one attached hydrogen (secondary N) is 1. The van der Waals surface area contributed by atoms with Gasteiger partial charge in [0.15, 0.2) is 0 Å². The second-order valence-corrected chi connectivity index (χ2v) is 6.50. The lowest BCUT2D eigenvalue weighted by Gasteiger charge is -2.37. The minimum Gasteiger partial charge on any atom is -0.530 e. The molecular formula is C14H16N3O3S-. The maximum absolute atomic E-state index is 12.1. The molecule has 6 nitrogen and oxygen atoms in total. The van der Waals surface area contributed by atoms with Crippen LogP contribution in [0.25, 0.3) is 10.1 Å². The highest BCUT2D eigenvalue weighted by Gasteiger charge is 2.23. The number of carbonyl (C=O) groups excluding carboxylic acids is 2. The molecule has 0 fully saturated rings. The van der Waals surface area contributed by atoms with Crippen molar-refractivity contribution in [2.45, 2.75) is 26.3 Å². The lowest BCUT2D eigenvalue weighted by molar-refractivity contribution is -0.270. The third kappa shape index (κ3) is 3.49. The number of thiophene rings is 1. The van der Waals surface area contributed by atoms with Gasteiger partial charge in [0.05, 0.1) is 16.9 Å². The number of rotatable bonds is 3. The smallest absolute Gasteiger partial charge is 0.243 e. The largest absolute Gasteiger partial charge is 0.530 e. The van der Waals surface area contributed by atoms with Crippen molar-refractivity contribution in [2.75, 3.05) is 11.9 Å². The molecule has 7 heteroatoms. The molecule has 0 unspecified atom stereocenters. The van der Waals surface area contributed by atoms with Crippen molar-refractivity contribution in [1.82, 2.24) is 9.88 Å². The Morgan fingerprint density at radius 2 is 2.14 bits per heavy atom. The molecule has 1 N–H and O–H groups in total. The third-order valence-electron chi connectivity index (χ3n) is 2.98. The van der Waals surface area contributed by atoms with Gasteiger partial charge in [-0.1, -0.05) is 0 Å². The van der Waals surface area contributed by atoms with Crippen LogP contribution in [0.2, 0.25) is 0 Å². The molecular weight excluding hydrogens is 290 g/mol. The molecule has 0 saturated carbocycles. The minimum absolute atomic E-state index is 0.270. The number of anilines is 1. The summed E-state index contributed by atoms with van der Waals surface area (Å²) in [5.74, 6) is -0.398. The van der Waals surface area contributed by atoms with Crippen molar-refractivity contribution in [1.29, 1.82) is 0 Å². The first-order valence-electron chi connectivity index (χ1n) is 6.38. The summed E-state index contributed by atoms with van der Waals surface area (Å²) in [6.45, 7) is 4.86. The molecule has 0 atom stereocenters. The molecule has 0 aliphatic heterocycles. The monoisotopic (exact) mass is 306 g/mol. The van der Waals surface area contributed by atoms with Crippen LogP contribution in [-0.2, 0) is 4.79 Å². The Morgan fingerprint density at radius 3 is 2.76 bits per heavy atom. The summed E-state index contributed by atoms with van der Waals surface area (Å²) in [5.41, 5.74) is -0.0359. The zero-order valence-corrected chi connectivity index (χ0v) is 12.9. The lowest BCUT2D eigenvalue weighted by atomic mass is 10.1. The fourth-order valence-corrected chi connectivity index (χ4v) is 2.75. The number of carboxylic acid groups (broad SMARTS) is 1. The SMILES string of the molecule is CC(C)(C)N(CC(=O)Nc1csc2cnccc12)C(=O)[O-]. The number of hydrogen-bond acceptors (Lipinski definition) is 5. The summed E-state index contributed by atoms with van der Waals surface area (Å²) < 4.78 is 0.959. The predicted molar refractivity (Wildman–Crippen MR) is 80.1 cm³/mol. The number of nitrogens with zero attached hydrogens (tertiary/aromatic N) is 2. The molecule has 2 aromatic rings. The van der Waals surface area contributed by atoms with Crippen LogP contribution in [0.3, 0.4) is 0 Å². The van der Waals surface area contributed by atoms with E-state index in [2.05, 4.69) is 10.3 Å². The molecule has 2 aromatic heterocycles. The van der Waals surface area contributed by atoms with Crippen LogP contribution in [0.15, 0.2) is 23.8 Å². The molecule has 0 bridgehead atoms. The summed E-state index contributed by atoms with van der Waals surface area (Å²) in [5, 5.41) is 16.6. The van der Waals surface area contributed by atoms with Gasteiger partial charge in [-0.15, -0.1) is 11.3 Å². The zero-order chi connectivity index (χ0) is 15.6. The molecule has 0 aliphatic carbocycles. The molecule has 0 saturated heterocycles. The van der Waals surface area contributed by atoms with Gasteiger partial charge in [0, 0.05) is 28.7 Å². The van der Waals surface area contributed by atoms with Crippen molar-refractivity contribution in [3.8, 4) is 0 Å². The number of fused-ring (bicyclic) bond motifs is 1. The second-order valence-electron chi connectivity index (χ2n) is 5.59. The van der Waals surface area contributed by atoms with E-state index in [-0.39, 0.29) is 6.54 Å². The average Bonchev–Trinajstić information content (AvgIpc) is 2.78. The fraction of sp³-hybridized carbons (Fsp3) is 0.357. The van der Waals surface area contributed by atoms with Gasteiger partial charge in [-0.3, -0.25) is 9.78 Å². The van der Waals surface area contributed by atoms with Crippen molar-refractivity contribution < 1.29 is 14.7 Å². The summed E-state index contributed by atoms with van der Waals surface area (Å²) in [6, 6.07) is 1.81. The van der Waals surface area contributed by atoms with E-state index in [1.807, 2.05) is 11.4 Å². The highest BCUT2D eigenvalue weighted by atomic mass is 32.1. The van der Waals surface area contributed by atoms with Gasteiger partial charge in [0.25, 0.3) is 0 Å². The molecule has 0 spiro atoms. The number of pyridine rings is 1. The van der Waals surface area contributed by atoms with Gasteiger partial charge in [0.1, 0.15) is 6.09 Å². The molecule has 21 heavy (non-hydrogen) atoms. The molecule has 112 valence electrons.